The highest BCUT2D eigenvalue weighted by Gasteiger charge is 2.17. The molecule has 1 fully saturated rings. The second-order valence-electron chi connectivity index (χ2n) is 4.12. The molecular formula is C11H16N2O2S. The minimum absolute atomic E-state index is 0.0470. The average molecular weight is 240 g/mol. The lowest BCUT2D eigenvalue weighted by atomic mass is 10.2. The highest BCUT2D eigenvalue weighted by molar-refractivity contribution is 7.09. The molecule has 0 saturated heterocycles. The summed E-state index contributed by atoms with van der Waals surface area (Å²) in [5.74, 6) is 0.0470. The average Bonchev–Trinajstić information content (AvgIpc) is 2.89. The molecule has 0 radical (unpaired) electrons. The minimum atomic E-state index is -0.0548. The predicted octanol–water partition coefficient (Wildman–Crippen LogP) is 1.24. The van der Waals surface area contributed by atoms with Crippen molar-refractivity contribution in [3.63, 3.8) is 0 Å². The Hall–Kier alpha value is -0.940. The number of nitrogens with zero attached hydrogens (tertiary/aromatic N) is 1. The van der Waals surface area contributed by atoms with Gasteiger partial charge in [0.05, 0.1) is 18.7 Å². The van der Waals surface area contributed by atoms with E-state index < -0.39 is 0 Å². The number of aliphatic hydroxyl groups excluding tert-OH is 1. The lowest BCUT2D eigenvalue weighted by Gasteiger charge is -2.10. The molecule has 1 aliphatic carbocycles. The molecule has 16 heavy (non-hydrogen) atoms. The van der Waals surface area contributed by atoms with E-state index in [4.69, 9.17) is 5.11 Å². The molecule has 0 bridgehead atoms. The zero-order chi connectivity index (χ0) is 11.4. The van der Waals surface area contributed by atoms with Gasteiger partial charge in [0.25, 0.3) is 0 Å². The van der Waals surface area contributed by atoms with Crippen molar-refractivity contribution in [3.05, 3.63) is 16.1 Å². The van der Waals surface area contributed by atoms with E-state index in [1.807, 2.05) is 0 Å². The number of aliphatic hydroxyl groups is 1. The molecule has 88 valence electrons. The van der Waals surface area contributed by atoms with Crippen molar-refractivity contribution in [3.8, 4) is 0 Å². The zero-order valence-electron chi connectivity index (χ0n) is 9.11. The first-order chi connectivity index (χ1) is 7.78. The highest BCUT2D eigenvalue weighted by Crippen LogP contribution is 2.18. The van der Waals surface area contributed by atoms with Crippen LogP contribution in [0.4, 0.5) is 0 Å². The van der Waals surface area contributed by atoms with E-state index >= 15 is 0 Å². The smallest absolute Gasteiger partial charge is 0.227 e. The summed E-state index contributed by atoms with van der Waals surface area (Å²) >= 11 is 1.43. The molecule has 1 aromatic rings. The zero-order valence-corrected chi connectivity index (χ0v) is 9.92. The van der Waals surface area contributed by atoms with Crippen molar-refractivity contribution < 1.29 is 9.90 Å². The van der Waals surface area contributed by atoms with E-state index in [2.05, 4.69) is 10.3 Å². The first-order valence-corrected chi connectivity index (χ1v) is 6.49. The van der Waals surface area contributed by atoms with Crippen molar-refractivity contribution in [1.82, 2.24) is 10.3 Å². The van der Waals surface area contributed by atoms with Gasteiger partial charge in [0.1, 0.15) is 5.01 Å². The molecule has 1 heterocycles. The Kier molecular flexibility index (Phi) is 3.90. The minimum Gasteiger partial charge on any atom is -0.390 e. The van der Waals surface area contributed by atoms with Crippen LogP contribution in [0.3, 0.4) is 0 Å². The first kappa shape index (κ1) is 11.5. The van der Waals surface area contributed by atoms with Crippen molar-refractivity contribution in [2.24, 2.45) is 0 Å². The Morgan fingerprint density at radius 2 is 2.31 bits per heavy atom. The van der Waals surface area contributed by atoms with Crippen LogP contribution in [0.15, 0.2) is 5.38 Å². The van der Waals surface area contributed by atoms with Gasteiger partial charge in [0.15, 0.2) is 0 Å². The largest absolute Gasteiger partial charge is 0.390 e. The van der Waals surface area contributed by atoms with Gasteiger partial charge in [-0.1, -0.05) is 12.8 Å². The molecule has 1 aromatic heterocycles. The van der Waals surface area contributed by atoms with Crippen molar-refractivity contribution >= 4 is 17.2 Å². The Balaban J connectivity index is 1.81. The van der Waals surface area contributed by atoms with Gasteiger partial charge in [-0.05, 0) is 12.8 Å². The van der Waals surface area contributed by atoms with Gasteiger partial charge >= 0.3 is 0 Å². The van der Waals surface area contributed by atoms with Crippen LogP contribution in [0.1, 0.15) is 36.4 Å². The summed E-state index contributed by atoms with van der Waals surface area (Å²) < 4.78 is 0. The van der Waals surface area contributed by atoms with Crippen LogP contribution in [0, 0.1) is 0 Å². The second-order valence-corrected chi connectivity index (χ2v) is 5.06. The number of nitrogens with one attached hydrogen (secondary N) is 1. The number of carbonyl (C=O) groups excluding carboxylic acids is 1. The predicted molar refractivity (Wildman–Crippen MR) is 62.1 cm³/mol. The molecule has 4 nitrogen and oxygen atoms in total. The maximum atomic E-state index is 11.7. The Labute approximate surface area is 98.7 Å². The number of carbonyl (C=O) groups is 1. The fourth-order valence-corrected chi connectivity index (χ4v) is 2.77. The molecule has 5 heteroatoms. The van der Waals surface area contributed by atoms with Crippen LogP contribution in [0.25, 0.3) is 0 Å². The monoisotopic (exact) mass is 240 g/mol. The molecule has 1 amide bonds. The first-order valence-electron chi connectivity index (χ1n) is 5.61. The Morgan fingerprint density at radius 1 is 1.56 bits per heavy atom. The van der Waals surface area contributed by atoms with Crippen LogP contribution in [0.2, 0.25) is 0 Å². The van der Waals surface area contributed by atoms with Gasteiger partial charge in [-0.2, -0.15) is 0 Å². The lowest BCUT2D eigenvalue weighted by Crippen LogP contribution is -2.33. The fourth-order valence-electron chi connectivity index (χ4n) is 1.99. The van der Waals surface area contributed by atoms with Crippen molar-refractivity contribution in [2.75, 3.05) is 0 Å². The quantitative estimate of drug-likeness (QED) is 0.832. The second kappa shape index (κ2) is 5.41. The summed E-state index contributed by atoms with van der Waals surface area (Å²) in [6, 6.07) is 0.366. The highest BCUT2D eigenvalue weighted by atomic mass is 32.1. The van der Waals surface area contributed by atoms with Crippen LogP contribution >= 0.6 is 11.3 Å². The lowest BCUT2D eigenvalue weighted by molar-refractivity contribution is -0.121. The number of rotatable bonds is 4. The number of amides is 1. The van der Waals surface area contributed by atoms with Gasteiger partial charge in [0, 0.05) is 11.4 Å². The fraction of sp³-hybridized carbons (Fsp3) is 0.636. The number of aromatic nitrogens is 1. The summed E-state index contributed by atoms with van der Waals surface area (Å²) in [7, 11) is 0. The normalized spacial score (nSPS) is 16.6. The van der Waals surface area contributed by atoms with E-state index in [1.54, 1.807) is 5.38 Å². The number of hydrogen-bond donors (Lipinski definition) is 2. The van der Waals surface area contributed by atoms with E-state index in [0.29, 0.717) is 18.2 Å². The molecule has 2 N–H and O–H groups in total. The van der Waals surface area contributed by atoms with Gasteiger partial charge in [-0.25, -0.2) is 4.98 Å². The van der Waals surface area contributed by atoms with E-state index in [9.17, 15) is 4.79 Å². The van der Waals surface area contributed by atoms with E-state index in [-0.39, 0.29) is 12.5 Å². The number of thiazole rings is 1. The molecule has 0 unspecified atom stereocenters. The standard InChI is InChI=1S/C11H16N2O2S/c14-6-9-7-16-11(13-9)5-10(15)12-8-3-1-2-4-8/h7-8,14H,1-6H2,(H,12,15). The van der Waals surface area contributed by atoms with Crippen LogP contribution in [-0.2, 0) is 17.8 Å². The van der Waals surface area contributed by atoms with Gasteiger partial charge in [-0.3, -0.25) is 4.79 Å². The van der Waals surface area contributed by atoms with Crippen molar-refractivity contribution in [1.29, 1.82) is 0 Å². The molecule has 2 rings (SSSR count). The SMILES string of the molecule is O=C(Cc1nc(CO)cs1)NC1CCCC1. The molecule has 0 atom stereocenters. The van der Waals surface area contributed by atoms with Gasteiger partial charge in [0.2, 0.25) is 5.91 Å². The van der Waals surface area contributed by atoms with E-state index in [1.165, 1.54) is 24.2 Å². The van der Waals surface area contributed by atoms with E-state index in [0.717, 1.165) is 17.8 Å². The molecule has 0 spiro atoms. The van der Waals surface area contributed by atoms with Crippen LogP contribution in [0.5, 0.6) is 0 Å². The van der Waals surface area contributed by atoms with Gasteiger partial charge < -0.3 is 10.4 Å². The molecule has 0 aliphatic heterocycles. The third-order valence-corrected chi connectivity index (χ3v) is 3.69. The Morgan fingerprint density at radius 3 is 2.94 bits per heavy atom. The Bertz CT molecular complexity index is 359. The van der Waals surface area contributed by atoms with Crippen LogP contribution in [-0.4, -0.2) is 22.0 Å². The molecule has 1 aliphatic rings. The molecule has 0 aromatic carbocycles. The third-order valence-electron chi connectivity index (χ3n) is 2.79. The molecule has 1 saturated carbocycles. The summed E-state index contributed by atoms with van der Waals surface area (Å²) in [5, 5.41) is 14.4. The third kappa shape index (κ3) is 3.02. The van der Waals surface area contributed by atoms with Crippen molar-refractivity contribution in [2.45, 2.75) is 44.8 Å². The summed E-state index contributed by atoms with van der Waals surface area (Å²) in [5.41, 5.74) is 0.647. The summed E-state index contributed by atoms with van der Waals surface area (Å²) in [6.45, 7) is -0.0548. The maximum Gasteiger partial charge on any atom is 0.227 e. The van der Waals surface area contributed by atoms with Gasteiger partial charge in [-0.15, -0.1) is 11.3 Å². The maximum absolute atomic E-state index is 11.7. The summed E-state index contributed by atoms with van der Waals surface area (Å²) in [6.07, 6.45) is 4.98. The summed E-state index contributed by atoms with van der Waals surface area (Å²) in [4.78, 5) is 15.8. The molecular weight excluding hydrogens is 224 g/mol. The topological polar surface area (TPSA) is 62.2 Å². The van der Waals surface area contributed by atoms with Crippen LogP contribution < -0.4 is 5.32 Å². The number of hydrogen-bond acceptors (Lipinski definition) is 4.